The first-order chi connectivity index (χ1) is 9.28. The van der Waals surface area contributed by atoms with Crippen molar-refractivity contribution >= 4 is 11.6 Å². The fourth-order valence-corrected chi connectivity index (χ4v) is 2.35. The molecule has 1 aliphatic rings. The number of ether oxygens (including phenoxy) is 1. The number of carbonyl (C=O) groups is 1. The van der Waals surface area contributed by atoms with E-state index in [4.69, 9.17) is 4.74 Å². The van der Waals surface area contributed by atoms with Gasteiger partial charge in [-0.1, -0.05) is 12.1 Å². The van der Waals surface area contributed by atoms with Crippen LogP contribution in [-0.2, 0) is 16.1 Å². The molecule has 0 bridgehead atoms. The molecule has 1 unspecified atom stereocenters. The Balaban J connectivity index is 1.79. The average molecular weight is 262 g/mol. The highest BCUT2D eigenvalue weighted by Gasteiger charge is 2.16. The second-order valence-corrected chi connectivity index (χ2v) is 4.95. The van der Waals surface area contributed by atoms with Crippen molar-refractivity contribution in [3.8, 4) is 0 Å². The minimum Gasteiger partial charge on any atom is -0.378 e. The minimum absolute atomic E-state index is 0.0668. The normalized spacial score (nSPS) is 18.5. The van der Waals surface area contributed by atoms with Crippen LogP contribution in [0, 0.1) is 0 Å². The maximum atomic E-state index is 11.9. The molecule has 0 aromatic heterocycles. The molecule has 2 rings (SSSR count). The van der Waals surface area contributed by atoms with Gasteiger partial charge in [-0.25, -0.2) is 0 Å². The van der Waals surface area contributed by atoms with Crippen LogP contribution in [0.15, 0.2) is 24.3 Å². The second-order valence-electron chi connectivity index (χ2n) is 4.95. The van der Waals surface area contributed by atoms with Gasteiger partial charge in [-0.05, 0) is 44.0 Å². The molecule has 1 atom stereocenters. The lowest BCUT2D eigenvalue weighted by molar-refractivity contribution is -0.116. The van der Waals surface area contributed by atoms with Crippen molar-refractivity contribution in [2.75, 3.05) is 19.0 Å². The molecule has 1 aromatic rings. The summed E-state index contributed by atoms with van der Waals surface area (Å²) >= 11 is 0. The van der Waals surface area contributed by atoms with Gasteiger partial charge < -0.3 is 15.4 Å². The van der Waals surface area contributed by atoms with Gasteiger partial charge in [0.15, 0.2) is 0 Å². The molecule has 2 N–H and O–H groups in total. The van der Waals surface area contributed by atoms with Crippen LogP contribution in [0.1, 0.15) is 31.2 Å². The van der Waals surface area contributed by atoms with Crippen molar-refractivity contribution in [2.45, 2.75) is 38.3 Å². The molecule has 1 heterocycles. The lowest BCUT2D eigenvalue weighted by atomic mass is 10.1. The summed E-state index contributed by atoms with van der Waals surface area (Å²) in [4.78, 5) is 11.9. The van der Waals surface area contributed by atoms with E-state index >= 15 is 0 Å². The summed E-state index contributed by atoms with van der Waals surface area (Å²) in [5.41, 5.74) is 2.03. The average Bonchev–Trinajstić information content (AvgIpc) is 2.90. The maximum absolute atomic E-state index is 11.9. The number of hydrogen-bond acceptors (Lipinski definition) is 3. The van der Waals surface area contributed by atoms with Crippen LogP contribution < -0.4 is 10.6 Å². The molecular formula is C15H22N2O2. The van der Waals surface area contributed by atoms with Gasteiger partial charge in [-0.15, -0.1) is 0 Å². The number of benzene rings is 1. The molecule has 4 heteroatoms. The summed E-state index contributed by atoms with van der Waals surface area (Å²) in [6.45, 7) is 1.65. The van der Waals surface area contributed by atoms with Crippen LogP contribution in [0.3, 0.4) is 0 Å². The molecule has 1 amide bonds. The van der Waals surface area contributed by atoms with Crippen LogP contribution in [0.4, 0.5) is 5.69 Å². The fraction of sp³-hybridized carbons (Fsp3) is 0.533. The first-order valence-corrected chi connectivity index (χ1v) is 6.93. The molecule has 0 aliphatic carbocycles. The highest BCUT2D eigenvalue weighted by atomic mass is 16.5. The number of anilines is 1. The third-order valence-corrected chi connectivity index (χ3v) is 3.31. The van der Waals surface area contributed by atoms with Crippen molar-refractivity contribution in [2.24, 2.45) is 0 Å². The fourth-order valence-electron chi connectivity index (χ4n) is 2.35. The Morgan fingerprint density at radius 2 is 2.37 bits per heavy atom. The van der Waals surface area contributed by atoms with Gasteiger partial charge >= 0.3 is 0 Å². The standard InChI is InChI=1S/C15H22N2O2/c1-16-11-12-4-2-5-13(10-12)17-15(18)8-7-14-6-3-9-19-14/h2,4-5,10,14,16H,3,6-9,11H2,1H3,(H,17,18). The number of amides is 1. The van der Waals surface area contributed by atoms with Gasteiger partial charge in [-0.2, -0.15) is 0 Å². The van der Waals surface area contributed by atoms with E-state index in [1.807, 2.05) is 31.3 Å². The lowest BCUT2D eigenvalue weighted by Crippen LogP contribution is -2.15. The largest absolute Gasteiger partial charge is 0.378 e. The van der Waals surface area contributed by atoms with E-state index in [-0.39, 0.29) is 12.0 Å². The molecule has 0 radical (unpaired) electrons. The van der Waals surface area contributed by atoms with Gasteiger partial charge in [0.1, 0.15) is 0 Å². The Bertz CT molecular complexity index is 414. The Hall–Kier alpha value is -1.39. The van der Waals surface area contributed by atoms with Gasteiger partial charge in [0, 0.05) is 25.3 Å². The summed E-state index contributed by atoms with van der Waals surface area (Å²) < 4.78 is 5.52. The van der Waals surface area contributed by atoms with E-state index in [1.54, 1.807) is 0 Å². The minimum atomic E-state index is 0.0668. The summed E-state index contributed by atoms with van der Waals surface area (Å²) in [6, 6.07) is 7.92. The predicted molar refractivity (Wildman–Crippen MR) is 76.0 cm³/mol. The molecule has 104 valence electrons. The van der Waals surface area contributed by atoms with E-state index in [0.717, 1.165) is 38.1 Å². The highest BCUT2D eigenvalue weighted by Crippen LogP contribution is 2.17. The summed E-state index contributed by atoms with van der Waals surface area (Å²) in [5.74, 6) is 0.0668. The number of rotatable bonds is 6. The number of carbonyl (C=O) groups excluding carboxylic acids is 1. The third-order valence-electron chi connectivity index (χ3n) is 3.31. The van der Waals surface area contributed by atoms with Crippen LogP contribution >= 0.6 is 0 Å². The van der Waals surface area contributed by atoms with Gasteiger partial charge in [0.25, 0.3) is 0 Å². The molecule has 1 aliphatic heterocycles. The zero-order chi connectivity index (χ0) is 13.5. The number of nitrogens with one attached hydrogen (secondary N) is 2. The van der Waals surface area contributed by atoms with Crippen molar-refractivity contribution in [1.29, 1.82) is 0 Å². The SMILES string of the molecule is CNCc1cccc(NC(=O)CCC2CCCO2)c1. The predicted octanol–water partition coefficient (Wildman–Crippen LogP) is 2.30. The molecule has 1 aromatic carbocycles. The van der Waals surface area contributed by atoms with Crippen LogP contribution in [0.25, 0.3) is 0 Å². The topological polar surface area (TPSA) is 50.4 Å². The van der Waals surface area contributed by atoms with Gasteiger partial charge in [0.2, 0.25) is 5.91 Å². The molecule has 19 heavy (non-hydrogen) atoms. The Morgan fingerprint density at radius 1 is 1.47 bits per heavy atom. The first kappa shape index (κ1) is 14.0. The van der Waals surface area contributed by atoms with E-state index in [0.29, 0.717) is 6.42 Å². The van der Waals surface area contributed by atoms with Gasteiger partial charge in [-0.3, -0.25) is 4.79 Å². The van der Waals surface area contributed by atoms with E-state index in [1.165, 1.54) is 5.56 Å². The van der Waals surface area contributed by atoms with Gasteiger partial charge in [0.05, 0.1) is 6.10 Å². The monoisotopic (exact) mass is 262 g/mol. The van der Waals surface area contributed by atoms with Crippen LogP contribution in [0.5, 0.6) is 0 Å². The molecule has 1 saturated heterocycles. The molecule has 4 nitrogen and oxygen atoms in total. The van der Waals surface area contributed by atoms with E-state index in [2.05, 4.69) is 10.6 Å². The van der Waals surface area contributed by atoms with Crippen LogP contribution in [-0.4, -0.2) is 25.7 Å². The molecule has 0 spiro atoms. The molecule has 0 saturated carbocycles. The highest BCUT2D eigenvalue weighted by molar-refractivity contribution is 5.90. The second kappa shape index (κ2) is 7.26. The maximum Gasteiger partial charge on any atom is 0.224 e. The molecule has 1 fully saturated rings. The zero-order valence-corrected chi connectivity index (χ0v) is 11.4. The summed E-state index contributed by atoms with van der Waals surface area (Å²) in [6.07, 6.45) is 3.84. The molecular weight excluding hydrogens is 240 g/mol. The Labute approximate surface area is 114 Å². The lowest BCUT2D eigenvalue weighted by Gasteiger charge is -2.10. The quantitative estimate of drug-likeness (QED) is 0.827. The smallest absolute Gasteiger partial charge is 0.224 e. The third kappa shape index (κ3) is 4.65. The van der Waals surface area contributed by atoms with Crippen molar-refractivity contribution in [3.05, 3.63) is 29.8 Å². The van der Waals surface area contributed by atoms with E-state index < -0.39 is 0 Å². The van der Waals surface area contributed by atoms with Crippen LogP contribution in [0.2, 0.25) is 0 Å². The van der Waals surface area contributed by atoms with Crippen molar-refractivity contribution < 1.29 is 9.53 Å². The van der Waals surface area contributed by atoms with E-state index in [9.17, 15) is 4.79 Å². The number of hydrogen-bond donors (Lipinski definition) is 2. The zero-order valence-electron chi connectivity index (χ0n) is 11.4. The summed E-state index contributed by atoms with van der Waals surface area (Å²) in [5, 5.41) is 6.04. The summed E-state index contributed by atoms with van der Waals surface area (Å²) in [7, 11) is 1.91. The van der Waals surface area contributed by atoms with Crippen molar-refractivity contribution in [3.63, 3.8) is 0 Å². The van der Waals surface area contributed by atoms with Crippen molar-refractivity contribution in [1.82, 2.24) is 5.32 Å². The first-order valence-electron chi connectivity index (χ1n) is 6.93. The Kier molecular flexibility index (Phi) is 5.36. The Morgan fingerprint density at radius 3 is 3.11 bits per heavy atom.